The van der Waals surface area contributed by atoms with Crippen molar-refractivity contribution in [1.29, 1.82) is 0 Å². The summed E-state index contributed by atoms with van der Waals surface area (Å²) >= 11 is 0. The highest BCUT2D eigenvalue weighted by Gasteiger charge is 2.08. The molecule has 0 spiro atoms. The van der Waals surface area contributed by atoms with Gasteiger partial charge in [0.05, 0.1) is 5.69 Å². The summed E-state index contributed by atoms with van der Waals surface area (Å²) in [6.07, 6.45) is 0.867. The summed E-state index contributed by atoms with van der Waals surface area (Å²) in [5.41, 5.74) is 4.63. The summed E-state index contributed by atoms with van der Waals surface area (Å²) in [7, 11) is 1.78. The van der Waals surface area contributed by atoms with E-state index < -0.39 is 0 Å². The van der Waals surface area contributed by atoms with Crippen LogP contribution in [0.5, 0.6) is 0 Å². The molecule has 0 aliphatic heterocycles. The van der Waals surface area contributed by atoms with Crippen LogP contribution in [0.15, 0.2) is 33.8 Å². The lowest BCUT2D eigenvalue weighted by Gasteiger charge is -2.12. The van der Waals surface area contributed by atoms with Gasteiger partial charge in [-0.05, 0) is 32.8 Å². The molecule has 22 heavy (non-hydrogen) atoms. The third kappa shape index (κ3) is 4.35. The zero-order valence-electron chi connectivity index (χ0n) is 13.7. The van der Waals surface area contributed by atoms with Crippen LogP contribution < -0.4 is 10.6 Å². The number of nitrogens with one attached hydrogen (secondary N) is 2. The fourth-order valence-electron chi connectivity index (χ4n) is 2.28. The first-order chi connectivity index (χ1) is 10.6. The first kappa shape index (κ1) is 16.1. The Morgan fingerprint density at radius 3 is 2.45 bits per heavy atom. The van der Waals surface area contributed by atoms with Gasteiger partial charge in [-0.15, -0.1) is 0 Å². The highest BCUT2D eigenvalue weighted by Crippen LogP contribution is 2.12. The molecule has 0 saturated carbocycles. The van der Waals surface area contributed by atoms with Crippen molar-refractivity contribution in [3.8, 4) is 0 Å². The topological polar surface area (TPSA) is 62.5 Å². The van der Waals surface area contributed by atoms with E-state index in [1.807, 2.05) is 13.8 Å². The van der Waals surface area contributed by atoms with Crippen LogP contribution in [0.3, 0.4) is 0 Å². The van der Waals surface area contributed by atoms with Crippen LogP contribution in [-0.4, -0.2) is 24.7 Å². The molecule has 0 aliphatic carbocycles. The van der Waals surface area contributed by atoms with E-state index in [2.05, 4.69) is 52.0 Å². The number of rotatable bonds is 5. The lowest BCUT2D eigenvalue weighted by atomic mass is 10.1. The predicted octanol–water partition coefficient (Wildman–Crippen LogP) is 2.51. The molecule has 0 unspecified atom stereocenters. The maximum absolute atomic E-state index is 5.17. The van der Waals surface area contributed by atoms with Crippen LogP contribution in [0.4, 0.5) is 0 Å². The number of hydrogen-bond donors (Lipinski definition) is 2. The second kappa shape index (κ2) is 7.64. The minimum Gasteiger partial charge on any atom is -0.361 e. The number of aromatic nitrogens is 1. The van der Waals surface area contributed by atoms with Gasteiger partial charge in [-0.25, -0.2) is 0 Å². The SMILES string of the molecule is CN=C(NCCc1c(C)noc1C)NCc1ccc(C)cc1. The highest BCUT2D eigenvalue weighted by molar-refractivity contribution is 5.79. The Bertz CT molecular complexity index is 609. The first-order valence-corrected chi connectivity index (χ1v) is 7.52. The Hall–Kier alpha value is -2.30. The molecule has 2 rings (SSSR count). The van der Waals surface area contributed by atoms with Crippen molar-refractivity contribution < 1.29 is 4.52 Å². The van der Waals surface area contributed by atoms with Crippen molar-refractivity contribution in [2.45, 2.75) is 33.7 Å². The summed E-state index contributed by atoms with van der Waals surface area (Å²) in [4.78, 5) is 4.24. The third-order valence-corrected chi connectivity index (χ3v) is 3.65. The molecule has 1 aromatic carbocycles. The van der Waals surface area contributed by atoms with Gasteiger partial charge < -0.3 is 15.2 Å². The summed E-state index contributed by atoms with van der Waals surface area (Å²) in [5, 5.41) is 10.6. The van der Waals surface area contributed by atoms with Gasteiger partial charge in [-0.2, -0.15) is 0 Å². The normalized spacial score (nSPS) is 11.5. The van der Waals surface area contributed by atoms with Crippen LogP contribution >= 0.6 is 0 Å². The Balaban J connectivity index is 1.79. The van der Waals surface area contributed by atoms with Gasteiger partial charge in [0.1, 0.15) is 5.76 Å². The first-order valence-electron chi connectivity index (χ1n) is 7.52. The molecule has 0 fully saturated rings. The summed E-state index contributed by atoms with van der Waals surface area (Å²) < 4.78 is 5.17. The molecule has 0 bridgehead atoms. The second-order valence-corrected chi connectivity index (χ2v) is 5.39. The Kier molecular flexibility index (Phi) is 5.58. The zero-order chi connectivity index (χ0) is 15.9. The van der Waals surface area contributed by atoms with E-state index >= 15 is 0 Å². The van der Waals surface area contributed by atoms with Crippen molar-refractivity contribution >= 4 is 5.96 Å². The molecule has 118 valence electrons. The van der Waals surface area contributed by atoms with Gasteiger partial charge in [0, 0.05) is 25.7 Å². The van der Waals surface area contributed by atoms with Crippen LogP contribution in [-0.2, 0) is 13.0 Å². The number of aryl methyl sites for hydroxylation is 3. The lowest BCUT2D eigenvalue weighted by molar-refractivity contribution is 0.392. The molecule has 1 heterocycles. The van der Waals surface area contributed by atoms with E-state index in [0.717, 1.165) is 36.9 Å². The molecule has 0 aliphatic rings. The molecular formula is C17H24N4O. The second-order valence-electron chi connectivity index (χ2n) is 5.39. The molecule has 0 atom stereocenters. The van der Waals surface area contributed by atoms with Crippen LogP contribution in [0.1, 0.15) is 28.1 Å². The number of guanidine groups is 1. The standard InChI is InChI=1S/C17H24N4O/c1-12-5-7-15(8-6-12)11-20-17(18-4)19-10-9-16-13(2)21-22-14(16)3/h5-8H,9-11H2,1-4H3,(H2,18,19,20). The maximum atomic E-state index is 5.17. The maximum Gasteiger partial charge on any atom is 0.191 e. The van der Waals surface area contributed by atoms with Gasteiger partial charge in [-0.1, -0.05) is 35.0 Å². The van der Waals surface area contributed by atoms with Crippen molar-refractivity contribution in [3.05, 3.63) is 52.4 Å². The quantitative estimate of drug-likeness (QED) is 0.658. The number of hydrogen-bond acceptors (Lipinski definition) is 3. The predicted molar refractivity (Wildman–Crippen MR) is 89.1 cm³/mol. The third-order valence-electron chi connectivity index (χ3n) is 3.65. The van der Waals surface area contributed by atoms with Crippen molar-refractivity contribution in [1.82, 2.24) is 15.8 Å². The van der Waals surface area contributed by atoms with E-state index in [9.17, 15) is 0 Å². The number of nitrogens with zero attached hydrogens (tertiary/aromatic N) is 2. The van der Waals surface area contributed by atoms with Gasteiger partial charge in [-0.3, -0.25) is 4.99 Å². The number of benzene rings is 1. The van der Waals surface area contributed by atoms with E-state index in [4.69, 9.17) is 4.52 Å². The molecule has 5 nitrogen and oxygen atoms in total. The van der Waals surface area contributed by atoms with Crippen molar-refractivity contribution in [3.63, 3.8) is 0 Å². The molecular weight excluding hydrogens is 276 g/mol. The van der Waals surface area contributed by atoms with Gasteiger partial charge in [0.25, 0.3) is 0 Å². The molecule has 2 N–H and O–H groups in total. The van der Waals surface area contributed by atoms with Crippen LogP contribution in [0, 0.1) is 20.8 Å². The Morgan fingerprint density at radius 1 is 1.14 bits per heavy atom. The van der Waals surface area contributed by atoms with E-state index in [1.165, 1.54) is 16.7 Å². The van der Waals surface area contributed by atoms with Crippen molar-refractivity contribution in [2.75, 3.05) is 13.6 Å². The lowest BCUT2D eigenvalue weighted by Crippen LogP contribution is -2.37. The summed E-state index contributed by atoms with van der Waals surface area (Å²) in [6.45, 7) is 7.55. The van der Waals surface area contributed by atoms with Gasteiger partial charge in [0.15, 0.2) is 5.96 Å². The zero-order valence-corrected chi connectivity index (χ0v) is 13.7. The average Bonchev–Trinajstić information content (AvgIpc) is 2.84. The Morgan fingerprint density at radius 2 is 1.86 bits per heavy atom. The van der Waals surface area contributed by atoms with E-state index in [1.54, 1.807) is 7.05 Å². The molecule has 0 saturated heterocycles. The molecule has 0 amide bonds. The van der Waals surface area contributed by atoms with E-state index in [-0.39, 0.29) is 0 Å². The van der Waals surface area contributed by atoms with Crippen LogP contribution in [0.25, 0.3) is 0 Å². The van der Waals surface area contributed by atoms with Crippen molar-refractivity contribution in [2.24, 2.45) is 4.99 Å². The average molecular weight is 300 g/mol. The smallest absolute Gasteiger partial charge is 0.191 e. The minimum atomic E-state index is 0.755. The van der Waals surface area contributed by atoms with E-state index in [0.29, 0.717) is 0 Å². The monoisotopic (exact) mass is 300 g/mol. The van der Waals surface area contributed by atoms with Crippen LogP contribution in [0.2, 0.25) is 0 Å². The molecule has 5 heteroatoms. The number of aliphatic imine (C=N–C) groups is 1. The highest BCUT2D eigenvalue weighted by atomic mass is 16.5. The summed E-state index contributed by atoms with van der Waals surface area (Å²) in [6, 6.07) is 8.48. The molecule has 1 aromatic heterocycles. The molecule has 0 radical (unpaired) electrons. The minimum absolute atomic E-state index is 0.755. The largest absolute Gasteiger partial charge is 0.361 e. The molecule has 2 aromatic rings. The summed E-state index contributed by atoms with van der Waals surface area (Å²) in [5.74, 6) is 1.69. The fraction of sp³-hybridized carbons (Fsp3) is 0.412. The fourth-order valence-corrected chi connectivity index (χ4v) is 2.28. The van der Waals surface area contributed by atoms with Gasteiger partial charge in [0.2, 0.25) is 0 Å². The Labute approximate surface area is 131 Å². The van der Waals surface area contributed by atoms with Gasteiger partial charge >= 0.3 is 0 Å².